The number of rotatable bonds is 10. The van der Waals surface area contributed by atoms with Gasteiger partial charge in [0.05, 0.1) is 13.2 Å². The van der Waals surface area contributed by atoms with Crippen LogP contribution in [0.4, 0.5) is 0 Å². The summed E-state index contributed by atoms with van der Waals surface area (Å²) in [5, 5.41) is 16.3. The van der Waals surface area contributed by atoms with Crippen molar-refractivity contribution in [1.82, 2.24) is 0 Å². The summed E-state index contributed by atoms with van der Waals surface area (Å²) in [5.41, 5.74) is 0. The quantitative estimate of drug-likeness (QED) is 0.583. The minimum absolute atomic E-state index is 0.122. The number of aliphatic hydroxyl groups excluding tert-OH is 1. The molecule has 17 heavy (non-hydrogen) atoms. The SMILES string of the molecule is CCCCCCCCCC(=O)O.COCCO. The Morgan fingerprint density at radius 2 is 1.59 bits per heavy atom. The molecule has 0 aromatic carbocycles. The average molecular weight is 248 g/mol. The molecule has 0 aliphatic rings. The van der Waals surface area contributed by atoms with E-state index in [0.29, 0.717) is 13.0 Å². The van der Waals surface area contributed by atoms with Crippen molar-refractivity contribution in [1.29, 1.82) is 0 Å². The van der Waals surface area contributed by atoms with Gasteiger partial charge in [0.25, 0.3) is 0 Å². The molecule has 0 fully saturated rings. The first kappa shape index (κ1) is 18.7. The number of unbranched alkanes of at least 4 members (excludes halogenated alkanes) is 6. The minimum atomic E-state index is -0.663. The number of hydrogen-bond acceptors (Lipinski definition) is 3. The molecule has 0 aromatic rings. The lowest BCUT2D eigenvalue weighted by atomic mass is 10.1. The Balaban J connectivity index is 0. The maximum absolute atomic E-state index is 10.1. The summed E-state index contributed by atoms with van der Waals surface area (Å²) in [6.07, 6.45) is 8.64. The number of carboxylic acid groups (broad SMARTS) is 1. The molecule has 4 nitrogen and oxygen atoms in total. The zero-order valence-corrected chi connectivity index (χ0v) is 11.3. The first-order chi connectivity index (χ1) is 8.18. The first-order valence-corrected chi connectivity index (χ1v) is 6.50. The van der Waals surface area contributed by atoms with Gasteiger partial charge in [-0.2, -0.15) is 0 Å². The van der Waals surface area contributed by atoms with E-state index >= 15 is 0 Å². The molecule has 0 aliphatic heterocycles. The van der Waals surface area contributed by atoms with Crippen LogP contribution in [0.2, 0.25) is 0 Å². The third-order valence-electron chi connectivity index (χ3n) is 2.29. The molecule has 4 heteroatoms. The highest BCUT2D eigenvalue weighted by Crippen LogP contribution is 2.07. The largest absolute Gasteiger partial charge is 0.481 e. The predicted molar refractivity (Wildman–Crippen MR) is 69.2 cm³/mol. The van der Waals surface area contributed by atoms with Crippen LogP contribution in [0.5, 0.6) is 0 Å². The summed E-state index contributed by atoms with van der Waals surface area (Å²) < 4.78 is 4.44. The third-order valence-corrected chi connectivity index (χ3v) is 2.29. The molecular weight excluding hydrogens is 220 g/mol. The summed E-state index contributed by atoms with van der Waals surface area (Å²) in [6, 6.07) is 0. The molecule has 0 unspecified atom stereocenters. The highest BCUT2D eigenvalue weighted by Gasteiger charge is 1.95. The number of carbonyl (C=O) groups is 1. The highest BCUT2D eigenvalue weighted by atomic mass is 16.5. The van der Waals surface area contributed by atoms with E-state index in [2.05, 4.69) is 11.7 Å². The van der Waals surface area contributed by atoms with Gasteiger partial charge in [0.2, 0.25) is 0 Å². The van der Waals surface area contributed by atoms with Gasteiger partial charge in [-0.25, -0.2) is 0 Å². The minimum Gasteiger partial charge on any atom is -0.481 e. The predicted octanol–water partition coefficient (Wildman–Crippen LogP) is 2.84. The van der Waals surface area contributed by atoms with Crippen LogP contribution in [-0.4, -0.2) is 36.5 Å². The maximum atomic E-state index is 10.1. The van der Waals surface area contributed by atoms with Gasteiger partial charge in [-0.1, -0.05) is 45.4 Å². The maximum Gasteiger partial charge on any atom is 0.303 e. The van der Waals surface area contributed by atoms with E-state index in [1.165, 1.54) is 32.1 Å². The second-order valence-corrected chi connectivity index (χ2v) is 3.98. The first-order valence-electron chi connectivity index (χ1n) is 6.50. The number of methoxy groups -OCH3 is 1. The molecule has 0 spiro atoms. The van der Waals surface area contributed by atoms with Gasteiger partial charge in [-0.3, -0.25) is 4.79 Å². The Morgan fingerprint density at radius 1 is 1.06 bits per heavy atom. The van der Waals surface area contributed by atoms with Crippen LogP contribution in [0.15, 0.2) is 0 Å². The van der Waals surface area contributed by atoms with Crippen molar-refractivity contribution in [2.75, 3.05) is 20.3 Å². The molecule has 0 heterocycles. The van der Waals surface area contributed by atoms with E-state index in [0.717, 1.165) is 12.8 Å². The molecule has 0 rings (SSSR count). The fourth-order valence-electron chi connectivity index (χ4n) is 1.32. The average Bonchev–Trinajstić information content (AvgIpc) is 2.29. The molecule has 104 valence electrons. The molecule has 0 bridgehead atoms. The van der Waals surface area contributed by atoms with E-state index in [1.54, 1.807) is 7.11 Å². The zero-order chi connectivity index (χ0) is 13.4. The number of aliphatic carboxylic acids is 1. The second kappa shape index (κ2) is 17.8. The van der Waals surface area contributed by atoms with Crippen LogP contribution in [-0.2, 0) is 9.53 Å². The Morgan fingerprint density at radius 3 is 1.94 bits per heavy atom. The molecule has 2 N–H and O–H groups in total. The zero-order valence-electron chi connectivity index (χ0n) is 11.3. The third kappa shape index (κ3) is 25.6. The lowest BCUT2D eigenvalue weighted by Gasteiger charge is -1.98. The Hall–Kier alpha value is -0.610. The normalized spacial score (nSPS) is 9.59. The van der Waals surface area contributed by atoms with Crippen molar-refractivity contribution < 1.29 is 19.7 Å². The van der Waals surface area contributed by atoms with Crippen molar-refractivity contribution in [3.63, 3.8) is 0 Å². The number of hydrogen-bond donors (Lipinski definition) is 2. The summed E-state index contributed by atoms with van der Waals surface area (Å²) in [7, 11) is 1.55. The lowest BCUT2D eigenvalue weighted by molar-refractivity contribution is -0.137. The molecule has 0 atom stereocenters. The van der Waals surface area contributed by atoms with Gasteiger partial charge < -0.3 is 14.9 Å². The molecule has 0 saturated carbocycles. The van der Waals surface area contributed by atoms with Gasteiger partial charge in [0, 0.05) is 13.5 Å². The molecule has 0 amide bonds. The van der Waals surface area contributed by atoms with Crippen LogP contribution in [0, 0.1) is 0 Å². The summed E-state index contributed by atoms with van der Waals surface area (Å²) in [6.45, 7) is 2.76. The second-order valence-electron chi connectivity index (χ2n) is 3.98. The summed E-state index contributed by atoms with van der Waals surface area (Å²) >= 11 is 0. The Bertz CT molecular complexity index is 146. The van der Waals surface area contributed by atoms with Crippen LogP contribution < -0.4 is 0 Å². The van der Waals surface area contributed by atoms with Gasteiger partial charge >= 0.3 is 5.97 Å². The summed E-state index contributed by atoms with van der Waals surface area (Å²) in [4.78, 5) is 10.1. The Labute approximate surface area is 105 Å². The van der Waals surface area contributed by atoms with Crippen LogP contribution in [0.25, 0.3) is 0 Å². The van der Waals surface area contributed by atoms with Gasteiger partial charge in [0.1, 0.15) is 0 Å². The van der Waals surface area contributed by atoms with Gasteiger partial charge in [-0.05, 0) is 6.42 Å². The van der Waals surface area contributed by atoms with Gasteiger partial charge in [0.15, 0.2) is 0 Å². The van der Waals surface area contributed by atoms with E-state index in [9.17, 15) is 4.79 Å². The smallest absolute Gasteiger partial charge is 0.303 e. The van der Waals surface area contributed by atoms with Crippen LogP contribution in [0.1, 0.15) is 58.3 Å². The van der Waals surface area contributed by atoms with Crippen molar-refractivity contribution in [2.24, 2.45) is 0 Å². The van der Waals surface area contributed by atoms with Gasteiger partial charge in [-0.15, -0.1) is 0 Å². The molecule has 0 radical (unpaired) electrons. The van der Waals surface area contributed by atoms with Crippen LogP contribution >= 0.6 is 0 Å². The van der Waals surface area contributed by atoms with Crippen molar-refractivity contribution in [3.05, 3.63) is 0 Å². The Kier molecular flexibility index (Phi) is 19.6. The van der Waals surface area contributed by atoms with Crippen molar-refractivity contribution in [2.45, 2.75) is 58.3 Å². The number of ether oxygens (including phenoxy) is 1. The van der Waals surface area contributed by atoms with E-state index in [-0.39, 0.29) is 6.61 Å². The molecule has 0 aliphatic carbocycles. The lowest BCUT2D eigenvalue weighted by Crippen LogP contribution is -1.93. The van der Waals surface area contributed by atoms with E-state index in [4.69, 9.17) is 10.2 Å². The summed E-state index contributed by atoms with van der Waals surface area (Å²) in [5.74, 6) is -0.663. The standard InChI is InChI=1S/C10H20O2.C3H8O2/c1-2-3-4-5-6-7-8-9-10(11)12;1-5-3-2-4/h2-9H2,1H3,(H,11,12);4H,2-3H2,1H3. The van der Waals surface area contributed by atoms with Crippen LogP contribution in [0.3, 0.4) is 0 Å². The monoisotopic (exact) mass is 248 g/mol. The fourth-order valence-corrected chi connectivity index (χ4v) is 1.32. The molecule has 0 saturated heterocycles. The number of aliphatic hydroxyl groups is 1. The van der Waals surface area contributed by atoms with E-state index in [1.807, 2.05) is 0 Å². The van der Waals surface area contributed by atoms with Crippen molar-refractivity contribution >= 4 is 5.97 Å². The van der Waals surface area contributed by atoms with Crippen molar-refractivity contribution in [3.8, 4) is 0 Å². The fraction of sp³-hybridized carbons (Fsp3) is 0.923. The molecular formula is C13H28O4. The topological polar surface area (TPSA) is 66.8 Å². The van der Waals surface area contributed by atoms with E-state index < -0.39 is 5.97 Å². The highest BCUT2D eigenvalue weighted by molar-refractivity contribution is 5.66. The number of carboxylic acids is 1. The molecule has 0 aromatic heterocycles.